The SMILES string of the molecule is Cc1cc(Cl)ccc1Nc1nncc(Nc2ccc(N3CCCC3)cc2)n1. The van der Waals surface area contributed by atoms with Gasteiger partial charge in [0.15, 0.2) is 5.82 Å². The highest BCUT2D eigenvalue weighted by atomic mass is 35.5. The van der Waals surface area contributed by atoms with Crippen molar-refractivity contribution in [1.82, 2.24) is 15.2 Å². The summed E-state index contributed by atoms with van der Waals surface area (Å²) in [5, 5.41) is 15.2. The van der Waals surface area contributed by atoms with Gasteiger partial charge in [-0.3, -0.25) is 0 Å². The molecular formula is C20H21ClN6. The molecule has 0 saturated carbocycles. The molecule has 0 aliphatic carbocycles. The third-order valence-electron chi connectivity index (χ3n) is 4.60. The van der Waals surface area contributed by atoms with Crippen molar-refractivity contribution in [1.29, 1.82) is 0 Å². The van der Waals surface area contributed by atoms with Crippen molar-refractivity contribution in [2.75, 3.05) is 28.6 Å². The van der Waals surface area contributed by atoms with Crippen LogP contribution in [0.15, 0.2) is 48.7 Å². The molecule has 1 fully saturated rings. The second-order valence-corrected chi connectivity index (χ2v) is 7.05. The highest BCUT2D eigenvalue weighted by Gasteiger charge is 2.12. The van der Waals surface area contributed by atoms with Gasteiger partial charge in [-0.05, 0) is 67.8 Å². The first-order valence-electron chi connectivity index (χ1n) is 9.02. The average molecular weight is 381 g/mol. The van der Waals surface area contributed by atoms with Crippen LogP contribution in [0.5, 0.6) is 0 Å². The molecule has 2 heterocycles. The van der Waals surface area contributed by atoms with Crippen LogP contribution in [0.3, 0.4) is 0 Å². The molecule has 1 saturated heterocycles. The predicted octanol–water partition coefficient (Wildman–Crippen LogP) is 4.92. The largest absolute Gasteiger partial charge is 0.372 e. The summed E-state index contributed by atoms with van der Waals surface area (Å²) in [5.41, 5.74) is 4.14. The summed E-state index contributed by atoms with van der Waals surface area (Å²) in [7, 11) is 0. The Bertz CT molecular complexity index is 922. The van der Waals surface area contributed by atoms with E-state index >= 15 is 0 Å². The first kappa shape index (κ1) is 17.5. The van der Waals surface area contributed by atoms with Crippen molar-refractivity contribution in [2.24, 2.45) is 0 Å². The van der Waals surface area contributed by atoms with Gasteiger partial charge in [0.1, 0.15) is 0 Å². The summed E-state index contributed by atoms with van der Waals surface area (Å²) < 4.78 is 0. The van der Waals surface area contributed by atoms with Crippen LogP contribution in [0.2, 0.25) is 5.02 Å². The molecule has 2 aromatic carbocycles. The number of nitrogens with zero attached hydrogens (tertiary/aromatic N) is 4. The number of benzene rings is 2. The topological polar surface area (TPSA) is 66.0 Å². The van der Waals surface area contributed by atoms with Gasteiger partial charge in [0.05, 0.1) is 6.20 Å². The smallest absolute Gasteiger partial charge is 0.249 e. The second kappa shape index (κ2) is 7.80. The summed E-state index contributed by atoms with van der Waals surface area (Å²) in [6, 6.07) is 14.0. The summed E-state index contributed by atoms with van der Waals surface area (Å²) in [4.78, 5) is 6.90. The minimum Gasteiger partial charge on any atom is -0.372 e. The Kier molecular flexibility index (Phi) is 5.07. The third kappa shape index (κ3) is 4.28. The van der Waals surface area contributed by atoms with Gasteiger partial charge in [-0.2, -0.15) is 10.1 Å². The minimum atomic E-state index is 0.430. The highest BCUT2D eigenvalue weighted by Crippen LogP contribution is 2.25. The van der Waals surface area contributed by atoms with Gasteiger partial charge in [0.25, 0.3) is 0 Å². The fourth-order valence-corrected chi connectivity index (χ4v) is 3.41. The molecule has 0 radical (unpaired) electrons. The number of anilines is 5. The normalized spacial score (nSPS) is 13.6. The van der Waals surface area contributed by atoms with Gasteiger partial charge >= 0.3 is 0 Å². The minimum absolute atomic E-state index is 0.430. The maximum Gasteiger partial charge on any atom is 0.249 e. The zero-order valence-electron chi connectivity index (χ0n) is 15.1. The number of aryl methyl sites for hydroxylation is 1. The molecule has 3 aromatic rings. The van der Waals surface area contributed by atoms with Crippen LogP contribution < -0.4 is 15.5 Å². The summed E-state index contributed by atoms with van der Waals surface area (Å²) in [5.74, 6) is 1.06. The van der Waals surface area contributed by atoms with Gasteiger partial charge in [-0.1, -0.05) is 11.6 Å². The molecule has 0 atom stereocenters. The van der Waals surface area contributed by atoms with E-state index in [1.807, 2.05) is 25.1 Å². The Hall–Kier alpha value is -2.86. The zero-order chi connectivity index (χ0) is 18.6. The van der Waals surface area contributed by atoms with E-state index in [2.05, 4.69) is 55.0 Å². The summed E-state index contributed by atoms with van der Waals surface area (Å²) in [6.07, 6.45) is 4.15. The zero-order valence-corrected chi connectivity index (χ0v) is 15.9. The molecule has 138 valence electrons. The van der Waals surface area contributed by atoms with E-state index in [-0.39, 0.29) is 0 Å². The van der Waals surface area contributed by atoms with Crippen LogP contribution in [0, 0.1) is 6.92 Å². The van der Waals surface area contributed by atoms with E-state index in [0.29, 0.717) is 16.8 Å². The number of halogens is 1. The number of hydrogen-bond acceptors (Lipinski definition) is 6. The van der Waals surface area contributed by atoms with E-state index in [1.165, 1.54) is 18.5 Å². The van der Waals surface area contributed by atoms with E-state index in [0.717, 1.165) is 30.0 Å². The second-order valence-electron chi connectivity index (χ2n) is 6.62. The van der Waals surface area contributed by atoms with Gasteiger partial charge in [0.2, 0.25) is 5.95 Å². The van der Waals surface area contributed by atoms with Crippen LogP contribution in [0.4, 0.5) is 28.8 Å². The molecule has 1 aromatic heterocycles. The van der Waals surface area contributed by atoms with E-state index in [9.17, 15) is 0 Å². The maximum absolute atomic E-state index is 6.00. The summed E-state index contributed by atoms with van der Waals surface area (Å²) in [6.45, 7) is 4.26. The molecule has 2 N–H and O–H groups in total. The lowest BCUT2D eigenvalue weighted by Gasteiger charge is -2.17. The van der Waals surface area contributed by atoms with Gasteiger partial charge < -0.3 is 15.5 Å². The van der Waals surface area contributed by atoms with Gasteiger partial charge in [-0.15, -0.1) is 5.10 Å². The predicted molar refractivity (Wildman–Crippen MR) is 110 cm³/mol. The van der Waals surface area contributed by atoms with Crippen LogP contribution in [0.1, 0.15) is 18.4 Å². The Balaban J connectivity index is 1.46. The molecule has 6 nitrogen and oxygen atoms in total. The highest BCUT2D eigenvalue weighted by molar-refractivity contribution is 6.30. The lowest BCUT2D eigenvalue weighted by molar-refractivity contribution is 0.949. The molecule has 0 bridgehead atoms. The fraction of sp³-hybridized carbons (Fsp3) is 0.250. The van der Waals surface area contributed by atoms with Crippen molar-refractivity contribution >= 4 is 40.4 Å². The Morgan fingerprint density at radius 1 is 1.00 bits per heavy atom. The molecule has 0 unspecified atom stereocenters. The number of hydrogen-bond donors (Lipinski definition) is 2. The first-order valence-corrected chi connectivity index (χ1v) is 9.40. The van der Waals surface area contributed by atoms with Crippen molar-refractivity contribution in [2.45, 2.75) is 19.8 Å². The molecule has 0 spiro atoms. The quantitative estimate of drug-likeness (QED) is 0.654. The molecule has 1 aliphatic heterocycles. The monoisotopic (exact) mass is 380 g/mol. The molecule has 0 amide bonds. The standard InChI is InChI=1S/C20H21ClN6/c1-14-12-15(21)4-9-18(14)24-20-25-19(13-22-26-20)23-16-5-7-17(8-6-16)27-10-2-3-11-27/h4-9,12-13H,2-3,10-11H2,1H3,(H2,23,24,25,26). The lowest BCUT2D eigenvalue weighted by atomic mass is 10.2. The van der Waals surface area contributed by atoms with Crippen LogP contribution in [0.25, 0.3) is 0 Å². The van der Waals surface area contributed by atoms with Gasteiger partial charge in [-0.25, -0.2) is 0 Å². The van der Waals surface area contributed by atoms with Crippen molar-refractivity contribution in [3.05, 3.63) is 59.2 Å². The molecular weight excluding hydrogens is 360 g/mol. The molecule has 27 heavy (non-hydrogen) atoms. The van der Waals surface area contributed by atoms with Crippen molar-refractivity contribution in [3.8, 4) is 0 Å². The Morgan fingerprint density at radius 2 is 1.78 bits per heavy atom. The van der Waals surface area contributed by atoms with Crippen LogP contribution >= 0.6 is 11.6 Å². The number of aromatic nitrogens is 3. The number of nitrogens with one attached hydrogen (secondary N) is 2. The van der Waals surface area contributed by atoms with Gasteiger partial charge in [0, 0.05) is 35.2 Å². The molecule has 1 aliphatic rings. The Morgan fingerprint density at radius 3 is 2.52 bits per heavy atom. The lowest BCUT2D eigenvalue weighted by Crippen LogP contribution is -2.17. The third-order valence-corrected chi connectivity index (χ3v) is 4.84. The van der Waals surface area contributed by atoms with E-state index in [1.54, 1.807) is 6.20 Å². The van der Waals surface area contributed by atoms with Crippen LogP contribution in [-0.4, -0.2) is 28.3 Å². The fourth-order valence-electron chi connectivity index (χ4n) is 3.18. The van der Waals surface area contributed by atoms with E-state index in [4.69, 9.17) is 11.6 Å². The summed E-state index contributed by atoms with van der Waals surface area (Å²) >= 11 is 6.00. The van der Waals surface area contributed by atoms with Crippen molar-refractivity contribution < 1.29 is 0 Å². The van der Waals surface area contributed by atoms with Crippen LogP contribution in [-0.2, 0) is 0 Å². The first-order chi connectivity index (χ1) is 13.2. The maximum atomic E-state index is 6.00. The molecule has 4 rings (SSSR count). The van der Waals surface area contributed by atoms with E-state index < -0.39 is 0 Å². The molecule has 7 heteroatoms. The Labute approximate surface area is 163 Å². The van der Waals surface area contributed by atoms with Crippen molar-refractivity contribution in [3.63, 3.8) is 0 Å². The number of rotatable bonds is 5. The average Bonchev–Trinajstić information content (AvgIpc) is 3.20.